The van der Waals surface area contributed by atoms with Crippen LogP contribution in [0.15, 0.2) is 78.4 Å². The summed E-state index contributed by atoms with van der Waals surface area (Å²) in [5.41, 5.74) is 8.72. The molecule has 3 aromatic carbocycles. The van der Waals surface area contributed by atoms with Crippen molar-refractivity contribution >= 4 is 23.1 Å². The van der Waals surface area contributed by atoms with Crippen LogP contribution in [0.3, 0.4) is 0 Å². The van der Waals surface area contributed by atoms with E-state index < -0.39 is 6.61 Å². The van der Waals surface area contributed by atoms with Gasteiger partial charge >= 0.3 is 0 Å². The van der Waals surface area contributed by atoms with Crippen molar-refractivity contribution in [3.8, 4) is 0 Å². The summed E-state index contributed by atoms with van der Waals surface area (Å²) in [6.45, 7) is 4.89. The summed E-state index contributed by atoms with van der Waals surface area (Å²) >= 11 is 0. The SMILES string of the molecule is Cc1ccc(C(=C2CCN(C(=O)CO)CC2)c2ccc(C(C)NC(=O)c3cccc(NC4CCCC4)c3)cc2)cc1. The first-order valence-corrected chi connectivity index (χ1v) is 14.9. The lowest BCUT2D eigenvalue weighted by atomic mass is 9.87. The number of hydrogen-bond acceptors (Lipinski definition) is 4. The minimum Gasteiger partial charge on any atom is -0.387 e. The van der Waals surface area contributed by atoms with Gasteiger partial charge in [-0.1, -0.05) is 78.6 Å². The van der Waals surface area contributed by atoms with E-state index >= 15 is 0 Å². The van der Waals surface area contributed by atoms with Crippen molar-refractivity contribution in [2.45, 2.75) is 64.5 Å². The van der Waals surface area contributed by atoms with E-state index in [1.807, 2.05) is 31.2 Å². The molecule has 2 amide bonds. The van der Waals surface area contributed by atoms with E-state index in [9.17, 15) is 14.7 Å². The fourth-order valence-corrected chi connectivity index (χ4v) is 6.03. The van der Waals surface area contributed by atoms with Gasteiger partial charge in [-0.3, -0.25) is 9.59 Å². The zero-order valence-corrected chi connectivity index (χ0v) is 24.2. The smallest absolute Gasteiger partial charge is 0.251 e. The van der Waals surface area contributed by atoms with Crippen molar-refractivity contribution in [3.63, 3.8) is 0 Å². The number of nitrogens with zero attached hydrogens (tertiary/aromatic N) is 1. The number of likely N-dealkylation sites (tertiary alicyclic amines) is 1. The number of carbonyl (C=O) groups excluding carboxylic acids is 2. The third-order valence-electron chi connectivity index (χ3n) is 8.45. The molecule has 1 unspecified atom stereocenters. The Morgan fingerprint density at radius 2 is 1.54 bits per heavy atom. The Hall–Kier alpha value is -3.90. The van der Waals surface area contributed by atoms with Gasteiger partial charge in [0.15, 0.2) is 0 Å². The van der Waals surface area contributed by atoms with Gasteiger partial charge in [0.05, 0.1) is 6.04 Å². The van der Waals surface area contributed by atoms with Gasteiger partial charge in [0.2, 0.25) is 5.91 Å². The van der Waals surface area contributed by atoms with Crippen LogP contribution in [-0.2, 0) is 4.79 Å². The third kappa shape index (κ3) is 7.06. The van der Waals surface area contributed by atoms with Crippen LogP contribution in [0.4, 0.5) is 5.69 Å². The zero-order chi connectivity index (χ0) is 28.8. The Labute approximate surface area is 243 Å². The molecule has 1 atom stereocenters. The highest BCUT2D eigenvalue weighted by Crippen LogP contribution is 2.33. The Bertz CT molecular complexity index is 1380. The van der Waals surface area contributed by atoms with Crippen LogP contribution >= 0.6 is 0 Å². The molecule has 6 nitrogen and oxygen atoms in total. The van der Waals surface area contributed by atoms with Gasteiger partial charge in [-0.2, -0.15) is 0 Å². The molecule has 0 aromatic heterocycles. The Kier molecular flexibility index (Phi) is 9.20. The van der Waals surface area contributed by atoms with Gasteiger partial charge in [-0.15, -0.1) is 0 Å². The van der Waals surface area contributed by atoms with Crippen LogP contribution < -0.4 is 10.6 Å². The van der Waals surface area contributed by atoms with Crippen LogP contribution in [0, 0.1) is 6.92 Å². The first kappa shape index (κ1) is 28.6. The second-order valence-corrected chi connectivity index (χ2v) is 11.4. The van der Waals surface area contributed by atoms with E-state index in [0.29, 0.717) is 24.7 Å². The van der Waals surface area contributed by atoms with Crippen molar-refractivity contribution in [3.05, 3.63) is 106 Å². The fourth-order valence-electron chi connectivity index (χ4n) is 6.03. The quantitative estimate of drug-likeness (QED) is 0.309. The molecule has 1 saturated heterocycles. The highest BCUT2D eigenvalue weighted by Gasteiger charge is 2.22. The molecule has 3 aromatic rings. The number of benzene rings is 3. The van der Waals surface area contributed by atoms with Gasteiger partial charge < -0.3 is 20.6 Å². The monoisotopic (exact) mass is 551 g/mol. The van der Waals surface area contributed by atoms with E-state index in [4.69, 9.17) is 0 Å². The first-order chi connectivity index (χ1) is 19.9. The van der Waals surface area contributed by atoms with Crippen LogP contribution in [0.1, 0.15) is 84.1 Å². The average Bonchev–Trinajstić information content (AvgIpc) is 3.51. The molecule has 6 heteroatoms. The summed E-state index contributed by atoms with van der Waals surface area (Å²) in [6, 6.07) is 25.2. The summed E-state index contributed by atoms with van der Waals surface area (Å²) in [6.07, 6.45) is 6.46. The minimum absolute atomic E-state index is 0.0803. The van der Waals surface area contributed by atoms with Gasteiger partial charge in [0.25, 0.3) is 5.91 Å². The number of rotatable bonds is 8. The van der Waals surface area contributed by atoms with E-state index in [2.05, 4.69) is 66.1 Å². The lowest BCUT2D eigenvalue weighted by molar-refractivity contribution is -0.134. The summed E-state index contributed by atoms with van der Waals surface area (Å²) < 4.78 is 0. The van der Waals surface area contributed by atoms with Crippen molar-refractivity contribution in [1.82, 2.24) is 10.2 Å². The lowest BCUT2D eigenvalue weighted by Gasteiger charge is -2.30. The number of hydrogen-bond donors (Lipinski definition) is 3. The van der Waals surface area contributed by atoms with E-state index in [0.717, 1.165) is 35.2 Å². The topological polar surface area (TPSA) is 81.7 Å². The van der Waals surface area contributed by atoms with Crippen molar-refractivity contribution in [2.75, 3.05) is 25.0 Å². The van der Waals surface area contributed by atoms with Gasteiger partial charge in [-0.05, 0) is 80.0 Å². The summed E-state index contributed by atoms with van der Waals surface area (Å²) in [7, 11) is 0. The number of piperidine rings is 1. The van der Waals surface area contributed by atoms with Crippen molar-refractivity contribution in [2.24, 2.45) is 0 Å². The molecule has 3 N–H and O–H groups in total. The molecule has 0 bridgehead atoms. The molecular formula is C35H41N3O3. The standard InChI is InChI=1S/C35H41N3O3/c1-24-10-12-27(13-11-24)34(29-18-20-38(21-19-29)33(40)23-39)28-16-14-26(15-17-28)25(2)36-35(41)30-6-5-9-32(22-30)37-31-7-3-4-8-31/h5-6,9-17,22,25,31,37,39H,3-4,7-8,18-21,23H2,1-2H3,(H,36,41). The number of nitrogens with one attached hydrogen (secondary N) is 2. The largest absolute Gasteiger partial charge is 0.387 e. The van der Waals surface area contributed by atoms with Crippen LogP contribution in [0.25, 0.3) is 5.57 Å². The first-order valence-electron chi connectivity index (χ1n) is 14.9. The summed E-state index contributed by atoms with van der Waals surface area (Å²) in [5.74, 6) is -0.290. The Balaban J connectivity index is 1.31. The van der Waals surface area contributed by atoms with Gasteiger partial charge in [-0.25, -0.2) is 0 Å². The second kappa shape index (κ2) is 13.2. The molecule has 1 saturated carbocycles. The molecule has 1 aliphatic heterocycles. The molecule has 0 spiro atoms. The molecule has 2 fully saturated rings. The highest BCUT2D eigenvalue weighted by molar-refractivity contribution is 5.95. The fraction of sp³-hybridized carbons (Fsp3) is 0.371. The zero-order valence-electron chi connectivity index (χ0n) is 24.2. The molecule has 1 aliphatic carbocycles. The van der Waals surface area contributed by atoms with Crippen LogP contribution in [0.2, 0.25) is 0 Å². The molecule has 41 heavy (non-hydrogen) atoms. The van der Waals surface area contributed by atoms with Crippen LogP contribution in [0.5, 0.6) is 0 Å². The molecular weight excluding hydrogens is 510 g/mol. The highest BCUT2D eigenvalue weighted by atomic mass is 16.3. The second-order valence-electron chi connectivity index (χ2n) is 11.4. The average molecular weight is 552 g/mol. The van der Waals surface area contributed by atoms with E-state index in [-0.39, 0.29) is 17.9 Å². The van der Waals surface area contributed by atoms with Crippen molar-refractivity contribution in [1.29, 1.82) is 0 Å². The number of amides is 2. The molecule has 0 radical (unpaired) electrons. The molecule has 5 rings (SSSR count). The molecule has 1 heterocycles. The Morgan fingerprint density at radius 1 is 0.902 bits per heavy atom. The van der Waals surface area contributed by atoms with Crippen molar-refractivity contribution < 1.29 is 14.7 Å². The maximum absolute atomic E-state index is 13.1. The van der Waals surface area contributed by atoms with Gasteiger partial charge in [0, 0.05) is 30.4 Å². The normalized spacial score (nSPS) is 16.4. The number of carbonyl (C=O) groups is 2. The molecule has 2 aliphatic rings. The van der Waals surface area contributed by atoms with Crippen LogP contribution in [-0.4, -0.2) is 47.6 Å². The summed E-state index contributed by atoms with van der Waals surface area (Å²) in [5, 5.41) is 16.0. The lowest BCUT2D eigenvalue weighted by Crippen LogP contribution is -2.38. The van der Waals surface area contributed by atoms with E-state index in [1.54, 1.807) is 4.90 Å². The molecule has 214 valence electrons. The maximum Gasteiger partial charge on any atom is 0.251 e. The third-order valence-corrected chi connectivity index (χ3v) is 8.45. The number of aliphatic hydroxyl groups excluding tert-OH is 1. The Morgan fingerprint density at radius 3 is 2.17 bits per heavy atom. The van der Waals surface area contributed by atoms with Gasteiger partial charge in [0.1, 0.15) is 6.61 Å². The number of anilines is 1. The predicted octanol–water partition coefficient (Wildman–Crippen LogP) is 6.26. The maximum atomic E-state index is 13.1. The number of aryl methyl sites for hydroxylation is 1. The summed E-state index contributed by atoms with van der Waals surface area (Å²) in [4.78, 5) is 26.9. The van der Waals surface area contributed by atoms with E-state index in [1.165, 1.54) is 42.4 Å². The predicted molar refractivity (Wildman–Crippen MR) is 165 cm³/mol. The number of aliphatic hydroxyl groups is 1. The minimum atomic E-state index is -0.442.